The van der Waals surface area contributed by atoms with E-state index >= 15 is 0 Å². The van der Waals surface area contributed by atoms with Gasteiger partial charge in [0, 0.05) is 11.8 Å². The third kappa shape index (κ3) is 3.49. The zero-order valence-electron chi connectivity index (χ0n) is 10.7. The second kappa shape index (κ2) is 6.91. The standard InChI is InChI=1S/C14H25NO/c1-3-4-5-6-7-12-8-9-13(16)14(12)11(2)10-15/h11-14,16H,3-9H2,1-2H3. The maximum atomic E-state index is 9.91. The van der Waals surface area contributed by atoms with E-state index in [1.165, 1.54) is 32.1 Å². The summed E-state index contributed by atoms with van der Waals surface area (Å²) in [4.78, 5) is 0. The largest absolute Gasteiger partial charge is 0.393 e. The number of nitriles is 1. The van der Waals surface area contributed by atoms with Crippen molar-refractivity contribution in [2.75, 3.05) is 0 Å². The van der Waals surface area contributed by atoms with Gasteiger partial charge in [0.15, 0.2) is 0 Å². The molecule has 4 atom stereocenters. The molecule has 2 heteroatoms. The van der Waals surface area contributed by atoms with Crippen LogP contribution in [0.3, 0.4) is 0 Å². The van der Waals surface area contributed by atoms with Crippen molar-refractivity contribution >= 4 is 0 Å². The topological polar surface area (TPSA) is 44.0 Å². The lowest BCUT2D eigenvalue weighted by atomic mass is 9.82. The van der Waals surface area contributed by atoms with E-state index in [4.69, 9.17) is 5.26 Å². The lowest BCUT2D eigenvalue weighted by Gasteiger charge is -2.24. The minimum absolute atomic E-state index is 0.00803. The van der Waals surface area contributed by atoms with Crippen molar-refractivity contribution in [3.05, 3.63) is 0 Å². The summed E-state index contributed by atoms with van der Waals surface area (Å²) in [5.41, 5.74) is 0. The quantitative estimate of drug-likeness (QED) is 0.700. The number of nitrogens with zero attached hydrogens (tertiary/aromatic N) is 1. The Labute approximate surface area is 99.7 Å². The van der Waals surface area contributed by atoms with Crippen LogP contribution in [0, 0.1) is 29.1 Å². The number of aliphatic hydroxyl groups excluding tert-OH is 1. The third-order valence-electron chi connectivity index (χ3n) is 4.03. The van der Waals surface area contributed by atoms with Crippen LogP contribution in [0.15, 0.2) is 0 Å². The number of rotatable bonds is 6. The molecule has 0 aromatic heterocycles. The molecular weight excluding hydrogens is 198 g/mol. The molecule has 4 unspecified atom stereocenters. The normalized spacial score (nSPS) is 31.2. The van der Waals surface area contributed by atoms with Crippen molar-refractivity contribution < 1.29 is 5.11 Å². The first-order valence-corrected chi connectivity index (χ1v) is 6.78. The molecule has 0 aromatic rings. The van der Waals surface area contributed by atoms with Crippen LogP contribution >= 0.6 is 0 Å². The molecule has 0 aromatic carbocycles. The predicted octanol–water partition coefficient (Wildman–Crippen LogP) is 3.50. The van der Waals surface area contributed by atoms with Crippen molar-refractivity contribution in [1.29, 1.82) is 5.26 Å². The van der Waals surface area contributed by atoms with E-state index in [2.05, 4.69) is 13.0 Å². The Hall–Kier alpha value is -0.550. The first-order chi connectivity index (χ1) is 7.70. The molecule has 1 aliphatic rings. The van der Waals surface area contributed by atoms with Crippen LogP contribution in [0.5, 0.6) is 0 Å². The van der Waals surface area contributed by atoms with Crippen molar-refractivity contribution in [2.45, 2.75) is 64.9 Å². The van der Waals surface area contributed by atoms with Crippen LogP contribution in [-0.2, 0) is 0 Å². The summed E-state index contributed by atoms with van der Waals surface area (Å²) in [6.45, 7) is 4.18. The molecule has 1 rings (SSSR count). The van der Waals surface area contributed by atoms with Gasteiger partial charge in [-0.1, -0.05) is 39.0 Å². The van der Waals surface area contributed by atoms with Crippen LogP contribution in [0.2, 0.25) is 0 Å². The molecule has 1 saturated carbocycles. The van der Waals surface area contributed by atoms with Gasteiger partial charge in [-0.3, -0.25) is 0 Å². The molecule has 0 saturated heterocycles. The van der Waals surface area contributed by atoms with Crippen molar-refractivity contribution in [2.24, 2.45) is 17.8 Å². The Balaban J connectivity index is 2.37. The van der Waals surface area contributed by atoms with Gasteiger partial charge in [-0.2, -0.15) is 5.26 Å². The van der Waals surface area contributed by atoms with Crippen LogP contribution in [-0.4, -0.2) is 11.2 Å². The summed E-state index contributed by atoms with van der Waals surface area (Å²) in [5.74, 6) is 0.821. The van der Waals surface area contributed by atoms with E-state index in [0.717, 1.165) is 12.8 Å². The highest BCUT2D eigenvalue weighted by molar-refractivity contribution is 4.95. The van der Waals surface area contributed by atoms with Gasteiger partial charge < -0.3 is 5.11 Å². The molecule has 0 aliphatic heterocycles. The first kappa shape index (κ1) is 13.5. The van der Waals surface area contributed by atoms with E-state index in [1.54, 1.807) is 0 Å². The zero-order valence-corrected chi connectivity index (χ0v) is 10.7. The Morgan fingerprint density at radius 2 is 2.06 bits per heavy atom. The summed E-state index contributed by atoms with van der Waals surface area (Å²) in [5, 5.41) is 18.9. The van der Waals surface area contributed by atoms with Crippen LogP contribution in [0.1, 0.15) is 58.8 Å². The second-order valence-electron chi connectivity index (χ2n) is 5.25. The van der Waals surface area contributed by atoms with Crippen molar-refractivity contribution in [3.63, 3.8) is 0 Å². The minimum Gasteiger partial charge on any atom is -0.393 e. The van der Waals surface area contributed by atoms with E-state index in [1.807, 2.05) is 6.92 Å². The lowest BCUT2D eigenvalue weighted by Crippen LogP contribution is -2.25. The fourth-order valence-electron chi connectivity index (χ4n) is 3.08. The Kier molecular flexibility index (Phi) is 5.84. The predicted molar refractivity (Wildman–Crippen MR) is 65.8 cm³/mol. The van der Waals surface area contributed by atoms with Gasteiger partial charge in [0.05, 0.1) is 12.2 Å². The molecule has 92 valence electrons. The highest BCUT2D eigenvalue weighted by atomic mass is 16.3. The molecule has 0 spiro atoms. The van der Waals surface area contributed by atoms with Gasteiger partial charge in [0.2, 0.25) is 0 Å². The Morgan fingerprint density at radius 3 is 2.69 bits per heavy atom. The van der Waals surface area contributed by atoms with Crippen molar-refractivity contribution in [1.82, 2.24) is 0 Å². The monoisotopic (exact) mass is 223 g/mol. The fraction of sp³-hybridized carbons (Fsp3) is 0.929. The highest BCUT2D eigenvalue weighted by Crippen LogP contribution is 2.39. The van der Waals surface area contributed by atoms with Gasteiger partial charge in [-0.15, -0.1) is 0 Å². The molecule has 0 radical (unpaired) electrons. The minimum atomic E-state index is -0.231. The molecule has 0 amide bonds. The van der Waals surface area contributed by atoms with E-state index in [9.17, 15) is 5.11 Å². The van der Waals surface area contributed by atoms with E-state index in [-0.39, 0.29) is 17.9 Å². The van der Waals surface area contributed by atoms with Gasteiger partial charge in [-0.25, -0.2) is 0 Å². The molecule has 16 heavy (non-hydrogen) atoms. The number of unbranched alkanes of at least 4 members (excludes halogenated alkanes) is 3. The van der Waals surface area contributed by atoms with Gasteiger partial charge >= 0.3 is 0 Å². The third-order valence-corrected chi connectivity index (χ3v) is 4.03. The molecule has 0 heterocycles. The molecular formula is C14H25NO. The summed E-state index contributed by atoms with van der Waals surface area (Å²) < 4.78 is 0. The fourth-order valence-corrected chi connectivity index (χ4v) is 3.08. The summed E-state index contributed by atoms with van der Waals surface area (Å²) in [6, 6.07) is 2.31. The van der Waals surface area contributed by atoms with Gasteiger partial charge in [-0.05, 0) is 25.7 Å². The summed E-state index contributed by atoms with van der Waals surface area (Å²) in [7, 11) is 0. The smallest absolute Gasteiger partial charge is 0.0656 e. The maximum Gasteiger partial charge on any atom is 0.0656 e. The first-order valence-electron chi connectivity index (χ1n) is 6.78. The average Bonchev–Trinajstić information content (AvgIpc) is 2.65. The summed E-state index contributed by atoms with van der Waals surface area (Å²) in [6.07, 6.45) is 8.13. The number of aliphatic hydroxyl groups is 1. The summed E-state index contributed by atoms with van der Waals surface area (Å²) >= 11 is 0. The van der Waals surface area contributed by atoms with Gasteiger partial charge in [0.25, 0.3) is 0 Å². The average molecular weight is 223 g/mol. The molecule has 1 N–H and O–H groups in total. The zero-order chi connectivity index (χ0) is 12.0. The number of hydrogen-bond acceptors (Lipinski definition) is 2. The molecule has 0 bridgehead atoms. The molecule has 2 nitrogen and oxygen atoms in total. The van der Waals surface area contributed by atoms with Crippen LogP contribution in [0.25, 0.3) is 0 Å². The molecule has 1 aliphatic carbocycles. The second-order valence-corrected chi connectivity index (χ2v) is 5.25. The van der Waals surface area contributed by atoms with Crippen molar-refractivity contribution in [3.8, 4) is 6.07 Å². The van der Waals surface area contributed by atoms with E-state index < -0.39 is 0 Å². The van der Waals surface area contributed by atoms with Crippen LogP contribution < -0.4 is 0 Å². The van der Waals surface area contributed by atoms with Crippen LogP contribution in [0.4, 0.5) is 0 Å². The lowest BCUT2D eigenvalue weighted by molar-refractivity contribution is 0.0950. The Morgan fingerprint density at radius 1 is 1.31 bits per heavy atom. The SMILES string of the molecule is CCCCCCC1CCC(O)C1C(C)C#N. The maximum absolute atomic E-state index is 9.91. The Bertz CT molecular complexity index is 233. The number of hydrogen-bond donors (Lipinski definition) is 1. The van der Waals surface area contributed by atoms with E-state index in [0.29, 0.717) is 5.92 Å². The van der Waals surface area contributed by atoms with Gasteiger partial charge in [0.1, 0.15) is 0 Å². The molecule has 1 fully saturated rings. The highest BCUT2D eigenvalue weighted by Gasteiger charge is 2.37.